The monoisotopic (exact) mass is 468 g/mol. The van der Waals surface area contributed by atoms with Crippen molar-refractivity contribution >= 4 is 43.9 Å². The van der Waals surface area contributed by atoms with Gasteiger partial charge in [-0.25, -0.2) is 28.8 Å². The lowest BCUT2D eigenvalue weighted by molar-refractivity contribution is 0.601. The normalized spacial score (nSPS) is 17.7. The minimum absolute atomic E-state index is 0.120. The van der Waals surface area contributed by atoms with Crippen molar-refractivity contribution in [2.75, 3.05) is 4.72 Å². The number of imidazole rings is 1. The van der Waals surface area contributed by atoms with Crippen molar-refractivity contribution in [3.63, 3.8) is 0 Å². The number of hydrazine groups is 1. The molecule has 0 bridgehead atoms. The number of fused-ring (bicyclic) bond motifs is 1. The molecule has 0 spiro atoms. The topological polar surface area (TPSA) is 126 Å². The van der Waals surface area contributed by atoms with Gasteiger partial charge in [-0.2, -0.15) is 4.99 Å². The fourth-order valence-corrected chi connectivity index (χ4v) is 5.22. The molecule has 0 aliphatic carbocycles. The molecule has 12 heteroatoms. The fourth-order valence-electron chi connectivity index (χ4n) is 3.38. The van der Waals surface area contributed by atoms with Crippen LogP contribution < -0.4 is 15.6 Å². The zero-order chi connectivity index (χ0) is 22.3. The van der Waals surface area contributed by atoms with E-state index in [-0.39, 0.29) is 10.9 Å². The van der Waals surface area contributed by atoms with Crippen LogP contribution in [0.4, 0.5) is 11.1 Å². The maximum atomic E-state index is 12.8. The average Bonchev–Trinajstić information content (AvgIpc) is 3.49. The van der Waals surface area contributed by atoms with Gasteiger partial charge in [-0.3, -0.25) is 9.12 Å². The van der Waals surface area contributed by atoms with E-state index >= 15 is 0 Å². The number of thiazole rings is 1. The SMILES string of the molecule is Cc1cn2c(N=C3CC(C)NN3)nc(-c3cccc(S(=O)(=O)Nc4nccs4)c3)cc2n1. The Hall–Kier alpha value is -3.35. The molecule has 0 radical (unpaired) electrons. The standard InChI is InChI=1S/C20H20N8O2S2/c1-12-8-17(26-25-12)24-19-23-16(10-18-22-13(2)11-28(18)19)14-4-3-5-15(9-14)32(29,30)27-20-21-6-7-31-20/h3-7,9-12,25H,8H2,1-2H3,(H,21,27)(H,23,24,26). The van der Waals surface area contributed by atoms with Crippen LogP contribution in [0.5, 0.6) is 0 Å². The van der Waals surface area contributed by atoms with E-state index in [0.29, 0.717) is 28.0 Å². The molecule has 1 atom stereocenters. The Balaban J connectivity index is 1.57. The highest BCUT2D eigenvalue weighted by atomic mass is 32.2. The van der Waals surface area contributed by atoms with Crippen LogP contribution in [0.25, 0.3) is 16.9 Å². The molecule has 4 aromatic rings. The van der Waals surface area contributed by atoms with Crippen molar-refractivity contribution in [1.29, 1.82) is 0 Å². The molecule has 3 aromatic heterocycles. The largest absolute Gasteiger partial charge is 0.309 e. The summed E-state index contributed by atoms with van der Waals surface area (Å²) in [7, 11) is -3.78. The lowest BCUT2D eigenvalue weighted by Crippen LogP contribution is -2.29. The van der Waals surface area contributed by atoms with Gasteiger partial charge in [-0.05, 0) is 26.0 Å². The maximum absolute atomic E-state index is 12.8. The molecule has 1 unspecified atom stereocenters. The fraction of sp³-hybridized carbons (Fsp3) is 0.200. The molecule has 0 amide bonds. The van der Waals surface area contributed by atoms with E-state index in [0.717, 1.165) is 18.0 Å². The highest BCUT2D eigenvalue weighted by molar-refractivity contribution is 7.93. The van der Waals surface area contributed by atoms with Gasteiger partial charge in [0.2, 0.25) is 5.95 Å². The average molecular weight is 469 g/mol. The van der Waals surface area contributed by atoms with Gasteiger partial charge >= 0.3 is 0 Å². The highest BCUT2D eigenvalue weighted by Crippen LogP contribution is 2.27. The molecule has 1 aliphatic heterocycles. The van der Waals surface area contributed by atoms with E-state index in [1.807, 2.05) is 29.7 Å². The molecule has 1 aromatic carbocycles. The molecule has 0 saturated carbocycles. The lowest BCUT2D eigenvalue weighted by Gasteiger charge is -2.09. The molecule has 3 N–H and O–H groups in total. The van der Waals surface area contributed by atoms with Gasteiger partial charge in [0.05, 0.1) is 16.3 Å². The van der Waals surface area contributed by atoms with Crippen LogP contribution in [0.3, 0.4) is 0 Å². The third-order valence-electron chi connectivity index (χ3n) is 4.85. The number of anilines is 1. The number of sulfonamides is 1. The lowest BCUT2D eigenvalue weighted by atomic mass is 10.1. The van der Waals surface area contributed by atoms with E-state index in [1.54, 1.807) is 23.7 Å². The minimum atomic E-state index is -3.78. The second-order valence-electron chi connectivity index (χ2n) is 7.46. The Bertz CT molecular complexity index is 1430. The molecule has 4 heterocycles. The third-order valence-corrected chi connectivity index (χ3v) is 7.00. The number of amidine groups is 1. The predicted molar refractivity (Wildman–Crippen MR) is 124 cm³/mol. The Labute approximate surface area is 188 Å². The van der Waals surface area contributed by atoms with E-state index in [9.17, 15) is 8.42 Å². The van der Waals surface area contributed by atoms with Crippen LogP contribution in [0.2, 0.25) is 0 Å². The Morgan fingerprint density at radius 2 is 2.16 bits per heavy atom. The first-order valence-corrected chi connectivity index (χ1v) is 12.2. The van der Waals surface area contributed by atoms with E-state index in [2.05, 4.69) is 37.5 Å². The molecular weight excluding hydrogens is 448 g/mol. The summed E-state index contributed by atoms with van der Waals surface area (Å²) in [5.74, 6) is 1.24. The summed E-state index contributed by atoms with van der Waals surface area (Å²) in [5.41, 5.74) is 8.92. The summed E-state index contributed by atoms with van der Waals surface area (Å²) >= 11 is 1.22. The van der Waals surface area contributed by atoms with Crippen molar-refractivity contribution in [2.45, 2.75) is 31.2 Å². The van der Waals surface area contributed by atoms with Crippen molar-refractivity contribution in [3.05, 3.63) is 53.8 Å². The summed E-state index contributed by atoms with van der Waals surface area (Å²) in [5, 5.41) is 2.02. The molecular formula is C20H20N8O2S2. The Kier molecular flexibility index (Phi) is 5.12. The van der Waals surface area contributed by atoms with Gasteiger partial charge in [-0.15, -0.1) is 11.3 Å². The van der Waals surface area contributed by atoms with E-state index < -0.39 is 10.0 Å². The van der Waals surface area contributed by atoms with Gasteiger partial charge in [0.25, 0.3) is 10.0 Å². The number of nitrogens with zero attached hydrogens (tertiary/aromatic N) is 5. The quantitative estimate of drug-likeness (QED) is 0.411. The van der Waals surface area contributed by atoms with Gasteiger partial charge in [-0.1, -0.05) is 12.1 Å². The Morgan fingerprint density at radius 1 is 1.28 bits per heavy atom. The van der Waals surface area contributed by atoms with Gasteiger partial charge in [0.1, 0.15) is 11.5 Å². The third kappa shape index (κ3) is 4.07. The van der Waals surface area contributed by atoms with Crippen LogP contribution in [0.15, 0.2) is 58.0 Å². The van der Waals surface area contributed by atoms with Crippen LogP contribution in [-0.4, -0.2) is 39.6 Å². The first-order chi connectivity index (χ1) is 15.4. The van der Waals surface area contributed by atoms with Crippen molar-refractivity contribution in [1.82, 2.24) is 30.2 Å². The molecule has 1 saturated heterocycles. The van der Waals surface area contributed by atoms with Crippen LogP contribution in [-0.2, 0) is 10.0 Å². The van der Waals surface area contributed by atoms with Crippen molar-refractivity contribution in [3.8, 4) is 11.3 Å². The summed E-state index contributed by atoms with van der Waals surface area (Å²) in [4.78, 5) is 18.0. The highest BCUT2D eigenvalue weighted by Gasteiger charge is 2.19. The second-order valence-corrected chi connectivity index (χ2v) is 10.0. The molecule has 5 rings (SSSR count). The zero-order valence-corrected chi connectivity index (χ0v) is 18.9. The van der Waals surface area contributed by atoms with Crippen LogP contribution >= 0.6 is 11.3 Å². The first kappa shape index (κ1) is 20.5. The van der Waals surface area contributed by atoms with Crippen LogP contribution in [0.1, 0.15) is 19.0 Å². The van der Waals surface area contributed by atoms with E-state index in [4.69, 9.17) is 4.98 Å². The molecule has 1 fully saturated rings. The minimum Gasteiger partial charge on any atom is -0.309 e. The van der Waals surface area contributed by atoms with E-state index in [1.165, 1.54) is 17.4 Å². The number of benzene rings is 1. The molecule has 32 heavy (non-hydrogen) atoms. The number of hydrogen-bond donors (Lipinski definition) is 3. The predicted octanol–water partition coefficient (Wildman–Crippen LogP) is 2.88. The zero-order valence-electron chi connectivity index (χ0n) is 17.3. The molecule has 10 nitrogen and oxygen atoms in total. The first-order valence-electron chi connectivity index (χ1n) is 9.86. The van der Waals surface area contributed by atoms with Crippen LogP contribution in [0, 0.1) is 6.92 Å². The van der Waals surface area contributed by atoms with Gasteiger partial charge in [0, 0.05) is 41.9 Å². The summed E-state index contributed by atoms with van der Waals surface area (Å²) in [6, 6.07) is 8.70. The number of aromatic nitrogens is 4. The molecule has 1 aliphatic rings. The second kappa shape index (κ2) is 7.97. The van der Waals surface area contributed by atoms with Gasteiger partial charge < -0.3 is 5.43 Å². The number of rotatable bonds is 5. The van der Waals surface area contributed by atoms with Crippen molar-refractivity contribution in [2.24, 2.45) is 4.99 Å². The number of nitrogens with one attached hydrogen (secondary N) is 3. The number of hydrogen-bond acceptors (Lipinski definition) is 8. The number of aliphatic imine (C=N–C) groups is 1. The summed E-state index contributed by atoms with van der Waals surface area (Å²) < 4.78 is 29.9. The summed E-state index contributed by atoms with van der Waals surface area (Å²) in [6.45, 7) is 3.96. The maximum Gasteiger partial charge on any atom is 0.263 e. The van der Waals surface area contributed by atoms with Crippen molar-refractivity contribution < 1.29 is 8.42 Å². The number of aryl methyl sites for hydroxylation is 1. The summed E-state index contributed by atoms with van der Waals surface area (Å²) in [6.07, 6.45) is 4.16. The Morgan fingerprint density at radius 3 is 2.91 bits per heavy atom. The molecule has 164 valence electrons. The smallest absolute Gasteiger partial charge is 0.263 e. The van der Waals surface area contributed by atoms with Gasteiger partial charge in [0.15, 0.2) is 5.13 Å².